The van der Waals surface area contributed by atoms with E-state index < -0.39 is 0 Å². The predicted octanol–water partition coefficient (Wildman–Crippen LogP) is 1.97. The van der Waals surface area contributed by atoms with Crippen LogP contribution in [0.2, 0.25) is 5.02 Å². The molecule has 0 saturated carbocycles. The lowest BCUT2D eigenvalue weighted by Gasteiger charge is -2.08. The number of nitrogens with zero attached hydrogens (tertiary/aromatic N) is 1. The van der Waals surface area contributed by atoms with Crippen LogP contribution in [0.4, 0.5) is 5.82 Å². The second-order valence-electron chi connectivity index (χ2n) is 4.15. The monoisotopic (exact) mass is 318 g/mol. The maximum absolute atomic E-state index is 6.05. The van der Waals surface area contributed by atoms with E-state index in [9.17, 15) is 0 Å². The number of rotatable bonds is 12. The minimum Gasteiger partial charge on any atom is -0.382 e. The molecule has 120 valence electrons. The number of pyridine rings is 1. The summed E-state index contributed by atoms with van der Waals surface area (Å²) >= 11 is 6.05. The second kappa shape index (κ2) is 11.7. The van der Waals surface area contributed by atoms with E-state index in [1.54, 1.807) is 13.2 Å². The largest absolute Gasteiger partial charge is 0.382 e. The summed E-state index contributed by atoms with van der Waals surface area (Å²) in [5.74, 6) is 0.766. The Labute approximate surface area is 130 Å². The van der Waals surface area contributed by atoms with Crippen molar-refractivity contribution >= 4 is 17.4 Å². The molecule has 21 heavy (non-hydrogen) atoms. The van der Waals surface area contributed by atoms with Crippen LogP contribution in [0, 0.1) is 0 Å². The lowest BCUT2D eigenvalue weighted by Crippen LogP contribution is -2.11. The van der Waals surface area contributed by atoms with Gasteiger partial charge in [0.2, 0.25) is 0 Å². The fourth-order valence-electron chi connectivity index (χ4n) is 1.48. The standard InChI is InChI=1S/C14H23ClN2O4/c1-16-14-4-3-12(15)13(17-14)11-21-10-9-20-8-7-19-6-5-18-2/h3-4H,5-11H2,1-2H3,(H,16,17). The van der Waals surface area contributed by atoms with Gasteiger partial charge in [-0.05, 0) is 12.1 Å². The highest BCUT2D eigenvalue weighted by molar-refractivity contribution is 6.31. The summed E-state index contributed by atoms with van der Waals surface area (Å²) in [7, 11) is 3.45. The molecule has 0 spiro atoms. The topological polar surface area (TPSA) is 61.8 Å². The van der Waals surface area contributed by atoms with Gasteiger partial charge in [-0.15, -0.1) is 0 Å². The van der Waals surface area contributed by atoms with Gasteiger partial charge in [0.25, 0.3) is 0 Å². The number of halogens is 1. The number of hydrogen-bond donors (Lipinski definition) is 1. The van der Waals surface area contributed by atoms with Crippen LogP contribution < -0.4 is 5.32 Å². The van der Waals surface area contributed by atoms with E-state index in [1.807, 2.05) is 13.1 Å². The van der Waals surface area contributed by atoms with E-state index in [0.29, 0.717) is 57.0 Å². The quantitative estimate of drug-likeness (QED) is 0.595. The van der Waals surface area contributed by atoms with Crippen molar-refractivity contribution in [2.45, 2.75) is 6.61 Å². The molecule has 0 aliphatic heterocycles. The van der Waals surface area contributed by atoms with Crippen molar-refractivity contribution in [2.24, 2.45) is 0 Å². The average molecular weight is 319 g/mol. The number of nitrogens with one attached hydrogen (secondary N) is 1. The Balaban J connectivity index is 2.04. The van der Waals surface area contributed by atoms with Gasteiger partial charge in [-0.25, -0.2) is 4.98 Å². The maximum Gasteiger partial charge on any atom is 0.126 e. The highest BCUT2D eigenvalue weighted by atomic mass is 35.5. The number of anilines is 1. The number of hydrogen-bond acceptors (Lipinski definition) is 6. The fourth-order valence-corrected chi connectivity index (χ4v) is 1.64. The Bertz CT molecular complexity index is 393. The molecule has 0 atom stereocenters. The van der Waals surface area contributed by atoms with E-state index in [4.69, 9.17) is 30.5 Å². The molecule has 1 N–H and O–H groups in total. The molecule has 1 rings (SSSR count). The molecule has 0 saturated heterocycles. The van der Waals surface area contributed by atoms with Crippen LogP contribution in [0.3, 0.4) is 0 Å². The zero-order valence-corrected chi connectivity index (χ0v) is 13.3. The smallest absolute Gasteiger partial charge is 0.126 e. The summed E-state index contributed by atoms with van der Waals surface area (Å²) < 4.78 is 21.0. The highest BCUT2D eigenvalue weighted by Crippen LogP contribution is 2.17. The fraction of sp³-hybridized carbons (Fsp3) is 0.643. The highest BCUT2D eigenvalue weighted by Gasteiger charge is 2.03. The van der Waals surface area contributed by atoms with Gasteiger partial charge < -0.3 is 24.3 Å². The van der Waals surface area contributed by atoms with Crippen LogP contribution in [0.25, 0.3) is 0 Å². The van der Waals surface area contributed by atoms with Crippen LogP contribution in [-0.4, -0.2) is 58.8 Å². The molecule has 0 aromatic carbocycles. The third kappa shape index (κ3) is 8.18. The molecular formula is C14H23ClN2O4. The molecule has 6 nitrogen and oxygen atoms in total. The first-order valence-electron chi connectivity index (χ1n) is 6.83. The molecule has 0 amide bonds. The molecule has 1 heterocycles. The first kappa shape index (κ1) is 18.1. The Kier molecular flexibility index (Phi) is 10.1. The van der Waals surface area contributed by atoms with Gasteiger partial charge in [0, 0.05) is 14.2 Å². The van der Waals surface area contributed by atoms with Crippen molar-refractivity contribution in [2.75, 3.05) is 59.1 Å². The van der Waals surface area contributed by atoms with Gasteiger partial charge in [0.15, 0.2) is 0 Å². The molecule has 1 aromatic rings. The van der Waals surface area contributed by atoms with Gasteiger partial charge in [-0.2, -0.15) is 0 Å². The zero-order chi connectivity index (χ0) is 15.3. The summed E-state index contributed by atoms with van der Waals surface area (Å²) in [5.41, 5.74) is 0.714. The third-order valence-corrected chi connectivity index (χ3v) is 2.93. The van der Waals surface area contributed by atoms with Crippen molar-refractivity contribution < 1.29 is 18.9 Å². The molecule has 1 aromatic heterocycles. The Morgan fingerprint density at radius 2 is 1.62 bits per heavy atom. The van der Waals surface area contributed by atoms with Crippen LogP contribution in [0.5, 0.6) is 0 Å². The lowest BCUT2D eigenvalue weighted by molar-refractivity contribution is 0.000491. The van der Waals surface area contributed by atoms with Gasteiger partial charge in [-0.3, -0.25) is 0 Å². The predicted molar refractivity (Wildman–Crippen MR) is 82.0 cm³/mol. The second-order valence-corrected chi connectivity index (χ2v) is 4.55. The van der Waals surface area contributed by atoms with Gasteiger partial charge in [-0.1, -0.05) is 11.6 Å². The van der Waals surface area contributed by atoms with E-state index in [-0.39, 0.29) is 0 Å². The minimum absolute atomic E-state index is 0.363. The summed E-state index contributed by atoms with van der Waals surface area (Å²) in [6.45, 7) is 3.64. The van der Waals surface area contributed by atoms with Gasteiger partial charge >= 0.3 is 0 Å². The molecule has 0 unspecified atom stereocenters. The van der Waals surface area contributed by atoms with Crippen molar-refractivity contribution in [3.8, 4) is 0 Å². The molecule has 0 bridgehead atoms. The van der Waals surface area contributed by atoms with Crippen molar-refractivity contribution in [1.82, 2.24) is 4.98 Å². The summed E-state index contributed by atoms with van der Waals surface area (Å²) in [6, 6.07) is 3.62. The number of ether oxygens (including phenoxy) is 4. The first-order chi connectivity index (χ1) is 10.3. The molecular weight excluding hydrogens is 296 g/mol. The normalized spacial score (nSPS) is 10.8. The van der Waals surface area contributed by atoms with E-state index in [1.165, 1.54) is 0 Å². The lowest BCUT2D eigenvalue weighted by atomic mass is 10.3. The van der Waals surface area contributed by atoms with E-state index in [0.717, 1.165) is 5.82 Å². The summed E-state index contributed by atoms with van der Waals surface area (Å²) in [4.78, 5) is 4.33. The van der Waals surface area contributed by atoms with Crippen LogP contribution in [0.1, 0.15) is 5.69 Å². The van der Waals surface area contributed by atoms with Crippen LogP contribution in [-0.2, 0) is 25.6 Å². The summed E-state index contributed by atoms with van der Waals surface area (Å²) in [5, 5.41) is 3.56. The van der Waals surface area contributed by atoms with E-state index >= 15 is 0 Å². The van der Waals surface area contributed by atoms with Gasteiger partial charge in [0.05, 0.1) is 57.0 Å². The summed E-state index contributed by atoms with van der Waals surface area (Å²) in [6.07, 6.45) is 0. The molecule has 0 fully saturated rings. The maximum atomic E-state index is 6.05. The Hall–Kier alpha value is -0.920. The van der Waals surface area contributed by atoms with Crippen molar-refractivity contribution in [1.29, 1.82) is 0 Å². The van der Waals surface area contributed by atoms with Crippen molar-refractivity contribution in [3.05, 3.63) is 22.8 Å². The minimum atomic E-state index is 0.363. The molecule has 0 aliphatic carbocycles. The molecule has 0 aliphatic rings. The van der Waals surface area contributed by atoms with Crippen LogP contribution >= 0.6 is 11.6 Å². The number of methoxy groups -OCH3 is 1. The average Bonchev–Trinajstić information content (AvgIpc) is 2.51. The first-order valence-corrected chi connectivity index (χ1v) is 7.21. The van der Waals surface area contributed by atoms with Gasteiger partial charge in [0.1, 0.15) is 5.82 Å². The SMILES string of the molecule is CNc1ccc(Cl)c(COCCOCCOCCOC)n1. The zero-order valence-electron chi connectivity index (χ0n) is 12.6. The Morgan fingerprint density at radius 1 is 1.00 bits per heavy atom. The molecule has 0 radical (unpaired) electrons. The van der Waals surface area contributed by atoms with Crippen molar-refractivity contribution in [3.63, 3.8) is 0 Å². The molecule has 7 heteroatoms. The van der Waals surface area contributed by atoms with E-state index in [2.05, 4.69) is 10.3 Å². The third-order valence-electron chi connectivity index (χ3n) is 2.59. The number of aromatic nitrogens is 1. The van der Waals surface area contributed by atoms with Crippen LogP contribution in [0.15, 0.2) is 12.1 Å². The Morgan fingerprint density at radius 3 is 2.24 bits per heavy atom.